The zero-order valence-corrected chi connectivity index (χ0v) is 44.6. The summed E-state index contributed by atoms with van der Waals surface area (Å²) in [6.45, 7) is 8.22. The van der Waals surface area contributed by atoms with Crippen LogP contribution >= 0.6 is 0 Å². The molecule has 9 amide bonds. The number of hydrogen-bond donors (Lipinski definition) is 14. The Morgan fingerprint density at radius 3 is 2.30 bits per heavy atom. The summed E-state index contributed by atoms with van der Waals surface area (Å²) >= 11 is -2.05. The van der Waals surface area contributed by atoms with E-state index in [1.165, 1.54) is 6.92 Å². The van der Waals surface area contributed by atoms with Gasteiger partial charge >= 0.3 is 0 Å². The first kappa shape index (κ1) is 60.8. The van der Waals surface area contributed by atoms with Crippen molar-refractivity contribution in [3.05, 3.63) is 71.9 Å². The number of rotatable bonds is 20. The highest BCUT2D eigenvalue weighted by atomic mass is 32.2. The van der Waals surface area contributed by atoms with E-state index in [0.717, 1.165) is 16.3 Å². The summed E-state index contributed by atoms with van der Waals surface area (Å²) in [5.41, 5.74) is 8.07. The Morgan fingerprint density at radius 1 is 0.935 bits per heavy atom. The van der Waals surface area contributed by atoms with Crippen LogP contribution in [0, 0.1) is 11.8 Å². The van der Waals surface area contributed by atoms with Crippen molar-refractivity contribution in [3.63, 3.8) is 0 Å². The van der Waals surface area contributed by atoms with Gasteiger partial charge in [0.2, 0.25) is 58.2 Å². The molecule has 0 spiro atoms. The summed E-state index contributed by atoms with van der Waals surface area (Å²) in [5.74, 6) is -9.90. The lowest BCUT2D eigenvalue weighted by atomic mass is 9.93. The van der Waals surface area contributed by atoms with Crippen LogP contribution in [0.3, 0.4) is 0 Å². The molecule has 0 saturated carbocycles. The van der Waals surface area contributed by atoms with Gasteiger partial charge < -0.3 is 83.3 Å². The number of aliphatic hydroxyl groups is 3. The van der Waals surface area contributed by atoms with Crippen molar-refractivity contribution in [2.24, 2.45) is 17.6 Å². The van der Waals surface area contributed by atoms with E-state index in [1.807, 2.05) is 6.92 Å². The lowest BCUT2D eigenvalue weighted by molar-refractivity contribution is -0.144. The Morgan fingerprint density at radius 2 is 1.64 bits per heavy atom. The van der Waals surface area contributed by atoms with Crippen LogP contribution in [0.4, 0.5) is 5.69 Å². The molecule has 25 nitrogen and oxygen atoms in total. The second kappa shape index (κ2) is 28.3. The molecule has 3 aromatic rings. The number of amides is 9. The topological polar surface area (TPSA) is 391 Å². The van der Waals surface area contributed by atoms with E-state index < -0.39 is 164 Å². The van der Waals surface area contributed by atoms with E-state index >= 15 is 0 Å². The average Bonchev–Trinajstić information content (AvgIpc) is 4.02. The van der Waals surface area contributed by atoms with E-state index in [1.54, 1.807) is 69.4 Å². The van der Waals surface area contributed by atoms with E-state index in [-0.39, 0.29) is 35.3 Å². The molecule has 2 aliphatic rings. The van der Waals surface area contributed by atoms with Crippen LogP contribution in [0.15, 0.2) is 65.8 Å². The Kier molecular flexibility index (Phi) is 22.4. The predicted molar refractivity (Wildman–Crippen MR) is 283 cm³/mol. The molecule has 5 rings (SSSR count). The third-order valence-corrected chi connectivity index (χ3v) is 15.1. The fourth-order valence-electron chi connectivity index (χ4n) is 8.71. The fourth-order valence-corrected chi connectivity index (χ4v) is 9.98. The van der Waals surface area contributed by atoms with Gasteiger partial charge in [-0.1, -0.05) is 64.1 Å². The molecule has 2 aliphatic heterocycles. The number of primary amides is 1. The minimum atomic E-state index is -2.05. The molecule has 0 aliphatic carbocycles. The van der Waals surface area contributed by atoms with Gasteiger partial charge in [-0.15, -0.1) is 0 Å². The number of nitrogens with two attached hydrogens (primary N) is 1. The first-order chi connectivity index (χ1) is 36.5. The van der Waals surface area contributed by atoms with Crippen LogP contribution in [0.2, 0.25) is 0 Å². The van der Waals surface area contributed by atoms with Gasteiger partial charge in [-0.25, -0.2) is 0 Å². The second-order valence-corrected chi connectivity index (χ2v) is 20.8. The molecule has 26 heteroatoms. The summed E-state index contributed by atoms with van der Waals surface area (Å²) in [6.07, 6.45) is -4.37. The summed E-state index contributed by atoms with van der Waals surface area (Å²) in [7, 11) is 1.80. The molecule has 0 bridgehead atoms. The van der Waals surface area contributed by atoms with Gasteiger partial charge in [-0.2, -0.15) is 0 Å². The first-order valence-corrected chi connectivity index (χ1v) is 26.6. The van der Waals surface area contributed by atoms with Crippen molar-refractivity contribution in [2.45, 2.75) is 120 Å². The number of aromatic amines is 1. The zero-order valence-electron chi connectivity index (χ0n) is 43.7. The highest BCUT2D eigenvalue weighted by Crippen LogP contribution is 2.29. The predicted octanol–water partition coefficient (Wildman–Crippen LogP) is -2.88. The molecule has 77 heavy (non-hydrogen) atoms. The van der Waals surface area contributed by atoms with Gasteiger partial charge in [0.05, 0.1) is 44.7 Å². The van der Waals surface area contributed by atoms with Crippen LogP contribution < -0.4 is 53.6 Å². The number of aliphatic hydroxyl groups excluding tert-OH is 3. The molecule has 1 saturated heterocycles. The quantitative estimate of drug-likeness (QED) is 0.0506. The van der Waals surface area contributed by atoms with E-state index in [2.05, 4.69) is 59.4 Å². The standard InChI is InChI=1S/C51H72N12O13S/c1-7-26(2)44(48(73)55-22-40(52)67)61-43(70)23-56-46(71)36-19-34-33-10-8-9-11-35(33)60-50(34)77(76)17-16-41(68)58-37(20-42(69)54-21-30-12-14-31(15-13-30)57-29(5)28(4)53-6)51(75)63-24-32(65)18-38(63)47(72)62-45(49(74)59-36)27(3)39(66)25-64/h8-15,26-28,32,36-39,44-45,53,57,60,64-66H,5,7,16-25H2,1-4,6H3,(H2,52,67)(H,54,69)(H,55,73)(H,56,71)(H,58,68)(H,59,74)(H,61,70)(H,62,72). The number of aromatic nitrogens is 1. The normalized spacial score (nSPS) is 22.4. The van der Waals surface area contributed by atoms with Crippen LogP contribution in [0.1, 0.15) is 64.5 Å². The minimum Gasteiger partial charge on any atom is -0.610 e. The number of nitrogens with one attached hydrogen (secondary N) is 10. The maximum atomic E-state index is 14.6. The smallest absolute Gasteiger partial charge is 0.246 e. The Balaban J connectivity index is 1.47. The monoisotopic (exact) mass is 1090 g/mol. The number of benzene rings is 2. The Labute approximate surface area is 448 Å². The number of anilines is 1. The minimum absolute atomic E-state index is 0.00965. The third kappa shape index (κ3) is 16.7. The molecule has 420 valence electrons. The number of likely N-dealkylation sites (N-methyl/N-ethyl adjacent to an activating group) is 1. The summed E-state index contributed by atoms with van der Waals surface area (Å²) in [6, 6.07) is 6.14. The number of carbonyl (C=O) groups excluding carboxylic acids is 9. The number of hydrogen-bond acceptors (Lipinski definition) is 15. The lowest BCUT2D eigenvalue weighted by Gasteiger charge is -2.32. The van der Waals surface area contributed by atoms with Crippen molar-refractivity contribution >= 4 is 80.9 Å². The molecule has 1 aromatic heterocycles. The lowest BCUT2D eigenvalue weighted by Crippen LogP contribution is -2.61. The molecule has 11 unspecified atom stereocenters. The van der Waals surface area contributed by atoms with Crippen molar-refractivity contribution < 1.29 is 63.0 Å². The largest absolute Gasteiger partial charge is 0.610 e. The van der Waals surface area contributed by atoms with E-state index in [9.17, 15) is 63.0 Å². The molecule has 15 N–H and O–H groups in total. The maximum absolute atomic E-state index is 14.6. The molecule has 2 aromatic carbocycles. The first-order valence-electron chi connectivity index (χ1n) is 25.3. The van der Waals surface area contributed by atoms with Gasteiger partial charge in [0, 0.05) is 76.9 Å². The molecule has 3 heterocycles. The molecular weight excluding hydrogens is 1020 g/mol. The van der Waals surface area contributed by atoms with Gasteiger partial charge in [-0.05, 0) is 43.7 Å². The highest BCUT2D eigenvalue weighted by Gasteiger charge is 2.45. The Bertz CT molecular complexity index is 2640. The number of para-hydroxylation sites is 1. The van der Waals surface area contributed by atoms with Crippen LogP contribution in [0.25, 0.3) is 10.9 Å². The number of H-pyrrole nitrogens is 1. The van der Waals surface area contributed by atoms with Crippen LogP contribution in [0.5, 0.6) is 0 Å². The molecule has 1 fully saturated rings. The van der Waals surface area contributed by atoms with Crippen molar-refractivity contribution in [1.82, 2.24) is 52.4 Å². The SMILES string of the molecule is C=C(Nc1ccc(CNC(=O)CC2NC(=O)CC[S+]([O-])c3[nH]c4ccccc4c3CC(C(=O)NCC(=O)NC(C(=O)NCC(N)=O)C(C)CC)NC(=O)C(C(C)C(O)CO)NC(=O)C3CC(O)CN3C2=O)cc1)C(C)NC. The fraction of sp³-hybridized carbons (Fsp3) is 0.510. The Hall–Kier alpha value is -7.10. The zero-order chi connectivity index (χ0) is 56.7. The number of fused-ring (bicyclic) bond motifs is 4. The number of nitrogens with zero attached hydrogens (tertiary/aromatic N) is 1. The summed E-state index contributed by atoms with van der Waals surface area (Å²) in [5, 5.41) is 56.4. The third-order valence-electron chi connectivity index (χ3n) is 13.7. The van der Waals surface area contributed by atoms with Gasteiger partial charge in [0.1, 0.15) is 36.0 Å². The van der Waals surface area contributed by atoms with Crippen molar-refractivity contribution in [2.75, 3.05) is 44.4 Å². The van der Waals surface area contributed by atoms with E-state index in [0.29, 0.717) is 22.9 Å². The summed E-state index contributed by atoms with van der Waals surface area (Å²) < 4.78 is 14.3. The highest BCUT2D eigenvalue weighted by molar-refractivity contribution is 7.91. The van der Waals surface area contributed by atoms with Gasteiger partial charge in [0.15, 0.2) is 0 Å². The number of carbonyl (C=O) groups is 9. The molecular formula is C51H72N12O13S. The van der Waals surface area contributed by atoms with Crippen molar-refractivity contribution in [1.29, 1.82) is 0 Å². The van der Waals surface area contributed by atoms with Gasteiger partial charge in [-0.3, -0.25) is 43.2 Å². The van der Waals surface area contributed by atoms with E-state index in [4.69, 9.17) is 5.73 Å². The van der Waals surface area contributed by atoms with Crippen LogP contribution in [-0.4, -0.2) is 170 Å². The maximum Gasteiger partial charge on any atom is 0.246 e. The van der Waals surface area contributed by atoms with Crippen LogP contribution in [-0.2, 0) is 67.3 Å². The average molecular weight is 1090 g/mol. The summed E-state index contributed by atoms with van der Waals surface area (Å²) in [4.78, 5) is 127. The second-order valence-electron chi connectivity index (χ2n) is 19.3. The molecule has 0 radical (unpaired) electrons. The molecule has 11 atom stereocenters. The van der Waals surface area contributed by atoms with Crippen molar-refractivity contribution in [3.8, 4) is 0 Å². The van der Waals surface area contributed by atoms with Gasteiger partial charge in [0.25, 0.3) is 0 Å².